The molecule has 0 unspecified atom stereocenters. The summed E-state index contributed by atoms with van der Waals surface area (Å²) < 4.78 is 25.3. The molecule has 0 radical (unpaired) electrons. The van der Waals surface area contributed by atoms with Crippen LogP contribution in [0, 0.1) is 23.0 Å². The first-order chi connectivity index (χ1) is 6.24. The summed E-state index contributed by atoms with van der Waals surface area (Å²) in [4.78, 5) is 0. The van der Waals surface area contributed by atoms with Crippen LogP contribution in [0.3, 0.4) is 0 Å². The van der Waals surface area contributed by atoms with E-state index in [4.69, 9.17) is 5.26 Å². The van der Waals surface area contributed by atoms with Crippen molar-refractivity contribution in [1.82, 2.24) is 0 Å². The van der Waals surface area contributed by atoms with Crippen LogP contribution in [0.25, 0.3) is 6.08 Å². The van der Waals surface area contributed by atoms with Gasteiger partial charge >= 0.3 is 0 Å². The van der Waals surface area contributed by atoms with Crippen LogP contribution in [-0.2, 0) is 0 Å². The van der Waals surface area contributed by atoms with E-state index in [-0.39, 0.29) is 12.0 Å². The molecule has 0 bridgehead atoms. The summed E-state index contributed by atoms with van der Waals surface area (Å²) in [6.45, 7) is 0. The zero-order valence-corrected chi connectivity index (χ0v) is 6.80. The van der Waals surface area contributed by atoms with Crippen molar-refractivity contribution in [2.75, 3.05) is 0 Å². The zero-order valence-electron chi connectivity index (χ0n) is 6.80. The number of hydrogen-bond donors (Lipinski definition) is 0. The van der Waals surface area contributed by atoms with Gasteiger partial charge in [0.1, 0.15) is 11.6 Å². The fourth-order valence-electron chi connectivity index (χ4n) is 0.875. The Kier molecular flexibility index (Phi) is 3.15. The monoisotopic (exact) mass is 179 g/mol. The molecule has 0 spiro atoms. The lowest BCUT2D eigenvalue weighted by Crippen LogP contribution is -1.83. The van der Waals surface area contributed by atoms with Crippen LogP contribution in [0.2, 0.25) is 0 Å². The van der Waals surface area contributed by atoms with Crippen LogP contribution < -0.4 is 0 Å². The number of nitriles is 1. The molecule has 0 aliphatic rings. The van der Waals surface area contributed by atoms with Gasteiger partial charge in [-0.15, -0.1) is 0 Å². The van der Waals surface area contributed by atoms with E-state index >= 15 is 0 Å². The molecular weight excluding hydrogens is 172 g/mol. The standard InChI is InChI=1S/C10H7F2N/c11-9-5-4-8(10(12)7-9)3-1-2-6-13/h1,3-5,7H,2H2. The van der Waals surface area contributed by atoms with Crippen LogP contribution in [0.4, 0.5) is 8.78 Å². The van der Waals surface area contributed by atoms with Crippen molar-refractivity contribution >= 4 is 6.08 Å². The van der Waals surface area contributed by atoms with E-state index in [0.29, 0.717) is 0 Å². The minimum atomic E-state index is -0.616. The Morgan fingerprint density at radius 1 is 1.38 bits per heavy atom. The molecule has 66 valence electrons. The summed E-state index contributed by atoms with van der Waals surface area (Å²) in [5, 5.41) is 8.20. The molecule has 0 N–H and O–H groups in total. The largest absolute Gasteiger partial charge is 0.207 e. The first-order valence-corrected chi connectivity index (χ1v) is 3.72. The van der Waals surface area contributed by atoms with Gasteiger partial charge in [-0.05, 0) is 12.1 Å². The van der Waals surface area contributed by atoms with Gasteiger partial charge < -0.3 is 0 Å². The average Bonchev–Trinajstić information content (AvgIpc) is 2.09. The van der Waals surface area contributed by atoms with E-state index in [9.17, 15) is 8.78 Å². The molecule has 0 saturated heterocycles. The van der Waals surface area contributed by atoms with Crippen molar-refractivity contribution in [1.29, 1.82) is 5.26 Å². The second-order valence-corrected chi connectivity index (χ2v) is 2.43. The van der Waals surface area contributed by atoms with E-state index in [1.807, 2.05) is 6.07 Å². The Morgan fingerprint density at radius 2 is 2.15 bits per heavy atom. The van der Waals surface area contributed by atoms with Gasteiger partial charge in [0, 0.05) is 11.6 Å². The molecule has 0 heterocycles. The number of allylic oxidation sites excluding steroid dienone is 1. The SMILES string of the molecule is N#CCC=Cc1ccc(F)cc1F. The maximum Gasteiger partial charge on any atom is 0.133 e. The molecule has 0 amide bonds. The minimum Gasteiger partial charge on any atom is -0.207 e. The maximum atomic E-state index is 12.9. The molecule has 1 aromatic carbocycles. The normalized spacial score (nSPS) is 10.2. The van der Waals surface area contributed by atoms with Gasteiger partial charge in [0.25, 0.3) is 0 Å². The molecule has 0 aromatic heterocycles. The van der Waals surface area contributed by atoms with Gasteiger partial charge in [-0.1, -0.05) is 12.2 Å². The Balaban J connectivity index is 2.85. The highest BCUT2D eigenvalue weighted by Crippen LogP contribution is 2.11. The summed E-state index contributed by atoms with van der Waals surface area (Å²) in [5.41, 5.74) is 0.289. The Bertz CT molecular complexity index is 364. The summed E-state index contributed by atoms with van der Waals surface area (Å²) in [5.74, 6) is -1.22. The quantitative estimate of drug-likeness (QED) is 0.684. The van der Waals surface area contributed by atoms with Gasteiger partial charge in [0.15, 0.2) is 0 Å². The molecular formula is C10H7F2N. The van der Waals surface area contributed by atoms with Crippen molar-refractivity contribution < 1.29 is 8.78 Å². The van der Waals surface area contributed by atoms with E-state index in [2.05, 4.69) is 0 Å². The predicted molar refractivity (Wildman–Crippen MR) is 45.6 cm³/mol. The Morgan fingerprint density at radius 3 is 2.77 bits per heavy atom. The second kappa shape index (κ2) is 4.36. The molecule has 1 aromatic rings. The number of halogens is 2. The fraction of sp³-hybridized carbons (Fsp3) is 0.100. The van der Waals surface area contributed by atoms with E-state index in [1.54, 1.807) is 0 Å². The first kappa shape index (κ1) is 9.40. The molecule has 0 saturated carbocycles. The van der Waals surface area contributed by atoms with Gasteiger partial charge in [0.2, 0.25) is 0 Å². The Hall–Kier alpha value is -1.69. The molecule has 0 aliphatic heterocycles. The van der Waals surface area contributed by atoms with Crippen LogP contribution in [-0.4, -0.2) is 0 Å². The zero-order chi connectivity index (χ0) is 9.68. The van der Waals surface area contributed by atoms with Gasteiger partial charge in [-0.2, -0.15) is 5.26 Å². The van der Waals surface area contributed by atoms with E-state index in [0.717, 1.165) is 6.07 Å². The molecule has 3 heteroatoms. The molecule has 0 aliphatic carbocycles. The summed E-state index contributed by atoms with van der Waals surface area (Å²) in [6.07, 6.45) is 3.20. The fourth-order valence-corrected chi connectivity index (χ4v) is 0.875. The van der Waals surface area contributed by atoms with Gasteiger partial charge in [0.05, 0.1) is 12.5 Å². The summed E-state index contributed by atoms with van der Waals surface area (Å²) in [7, 11) is 0. The van der Waals surface area contributed by atoms with E-state index in [1.165, 1.54) is 24.3 Å². The number of nitrogens with zero attached hydrogens (tertiary/aromatic N) is 1. The van der Waals surface area contributed by atoms with Gasteiger partial charge in [-0.3, -0.25) is 0 Å². The van der Waals surface area contributed by atoms with Crippen molar-refractivity contribution in [2.45, 2.75) is 6.42 Å². The molecule has 1 rings (SSSR count). The highest BCUT2D eigenvalue weighted by molar-refractivity contribution is 5.50. The lowest BCUT2D eigenvalue weighted by atomic mass is 10.2. The second-order valence-electron chi connectivity index (χ2n) is 2.43. The minimum absolute atomic E-state index is 0.219. The molecule has 13 heavy (non-hydrogen) atoms. The van der Waals surface area contributed by atoms with Crippen LogP contribution in [0.1, 0.15) is 12.0 Å². The first-order valence-electron chi connectivity index (χ1n) is 3.72. The molecule has 0 fully saturated rings. The van der Waals surface area contributed by atoms with Crippen molar-refractivity contribution in [3.05, 3.63) is 41.5 Å². The number of benzene rings is 1. The number of hydrogen-bond acceptors (Lipinski definition) is 1. The smallest absolute Gasteiger partial charge is 0.133 e. The number of rotatable bonds is 2. The van der Waals surface area contributed by atoms with Crippen LogP contribution in [0.5, 0.6) is 0 Å². The maximum absolute atomic E-state index is 12.9. The van der Waals surface area contributed by atoms with Crippen LogP contribution in [0.15, 0.2) is 24.3 Å². The highest BCUT2D eigenvalue weighted by atomic mass is 19.1. The molecule has 0 atom stereocenters. The van der Waals surface area contributed by atoms with Crippen molar-refractivity contribution in [2.24, 2.45) is 0 Å². The van der Waals surface area contributed by atoms with Crippen LogP contribution >= 0.6 is 0 Å². The Labute approximate surface area is 74.9 Å². The van der Waals surface area contributed by atoms with Gasteiger partial charge in [-0.25, -0.2) is 8.78 Å². The van der Waals surface area contributed by atoms with Crippen molar-refractivity contribution in [3.8, 4) is 6.07 Å². The lowest BCUT2D eigenvalue weighted by Gasteiger charge is -1.95. The third-order valence-corrected chi connectivity index (χ3v) is 1.47. The summed E-state index contributed by atoms with van der Waals surface area (Å²) in [6, 6.07) is 5.20. The third kappa shape index (κ3) is 2.68. The third-order valence-electron chi connectivity index (χ3n) is 1.47. The average molecular weight is 179 g/mol. The topological polar surface area (TPSA) is 23.8 Å². The molecule has 1 nitrogen and oxygen atoms in total. The van der Waals surface area contributed by atoms with E-state index < -0.39 is 11.6 Å². The predicted octanol–water partition coefficient (Wildman–Crippen LogP) is 2.89. The summed E-state index contributed by atoms with van der Waals surface area (Å²) >= 11 is 0. The van der Waals surface area contributed by atoms with Crippen molar-refractivity contribution in [3.63, 3.8) is 0 Å². The lowest BCUT2D eigenvalue weighted by molar-refractivity contribution is 0.581. The highest BCUT2D eigenvalue weighted by Gasteiger charge is 1.98.